The molecule has 7 nitrogen and oxygen atoms in total. The number of nitrogens with zero attached hydrogens (tertiary/aromatic N) is 1. The second kappa shape index (κ2) is 5.71. The molecule has 1 saturated heterocycles. The van der Waals surface area contributed by atoms with Gasteiger partial charge in [0.05, 0.1) is 4.92 Å². The van der Waals surface area contributed by atoms with Gasteiger partial charge >= 0.3 is 0 Å². The molecule has 1 aromatic heterocycles. The standard InChI is InChI=1S/C9H12ClN3O4S2/c10-9-7(13(14)15)4-8(18-9)19(16,17)12-6-2-1-3-11-5-6/h4,6,11-12H,1-3,5H2. The number of hydrogen-bond donors (Lipinski definition) is 2. The Hall–Kier alpha value is -0.740. The Morgan fingerprint density at radius 3 is 2.84 bits per heavy atom. The SMILES string of the molecule is O=[N+]([O-])c1cc(S(=O)(=O)NC2CCCNC2)sc1Cl. The average molecular weight is 326 g/mol. The summed E-state index contributed by atoms with van der Waals surface area (Å²) in [4.78, 5) is 9.96. The van der Waals surface area contributed by atoms with Crippen LogP contribution < -0.4 is 10.0 Å². The minimum absolute atomic E-state index is 0.130. The molecule has 1 atom stereocenters. The van der Waals surface area contributed by atoms with Crippen LogP contribution in [0.5, 0.6) is 0 Å². The van der Waals surface area contributed by atoms with Gasteiger partial charge in [-0.25, -0.2) is 13.1 Å². The monoisotopic (exact) mass is 325 g/mol. The third kappa shape index (κ3) is 3.42. The van der Waals surface area contributed by atoms with Crippen molar-refractivity contribution in [1.82, 2.24) is 10.0 Å². The van der Waals surface area contributed by atoms with Crippen LogP contribution in [-0.4, -0.2) is 32.5 Å². The van der Waals surface area contributed by atoms with Crippen molar-refractivity contribution in [2.45, 2.75) is 23.1 Å². The molecule has 10 heteroatoms. The van der Waals surface area contributed by atoms with Crippen LogP contribution in [0.2, 0.25) is 4.34 Å². The van der Waals surface area contributed by atoms with E-state index in [1.807, 2.05) is 0 Å². The first kappa shape index (κ1) is 14.7. The van der Waals surface area contributed by atoms with Gasteiger partial charge in [0, 0.05) is 18.7 Å². The highest BCUT2D eigenvalue weighted by Gasteiger charge is 2.27. The van der Waals surface area contributed by atoms with Gasteiger partial charge in [0.1, 0.15) is 4.21 Å². The highest BCUT2D eigenvalue weighted by atomic mass is 35.5. The van der Waals surface area contributed by atoms with Crippen molar-refractivity contribution in [2.75, 3.05) is 13.1 Å². The Kier molecular flexibility index (Phi) is 4.41. The van der Waals surface area contributed by atoms with Crippen LogP contribution in [0.3, 0.4) is 0 Å². The highest BCUT2D eigenvalue weighted by Crippen LogP contribution is 2.36. The summed E-state index contributed by atoms with van der Waals surface area (Å²) in [6.07, 6.45) is 1.63. The molecule has 106 valence electrons. The topological polar surface area (TPSA) is 101 Å². The molecule has 0 spiro atoms. The summed E-state index contributed by atoms with van der Waals surface area (Å²) in [5, 5.41) is 13.7. The first-order valence-corrected chi connectivity index (χ1v) is 8.24. The smallest absolute Gasteiger partial charge is 0.300 e. The lowest BCUT2D eigenvalue weighted by molar-refractivity contribution is -0.384. The molecule has 2 rings (SSSR count). The van der Waals surface area contributed by atoms with Crippen LogP contribution in [0.1, 0.15) is 12.8 Å². The van der Waals surface area contributed by atoms with Crippen LogP contribution >= 0.6 is 22.9 Å². The fraction of sp³-hybridized carbons (Fsp3) is 0.556. The van der Waals surface area contributed by atoms with Gasteiger partial charge in [0.25, 0.3) is 15.7 Å². The van der Waals surface area contributed by atoms with Crippen molar-refractivity contribution in [3.05, 3.63) is 20.5 Å². The lowest BCUT2D eigenvalue weighted by Gasteiger charge is -2.23. The van der Waals surface area contributed by atoms with Crippen molar-refractivity contribution in [2.24, 2.45) is 0 Å². The number of halogens is 1. The molecule has 0 saturated carbocycles. The summed E-state index contributed by atoms with van der Waals surface area (Å²) in [6.45, 7) is 1.43. The maximum absolute atomic E-state index is 12.1. The molecule has 2 N–H and O–H groups in total. The van der Waals surface area contributed by atoms with E-state index in [1.54, 1.807) is 0 Å². The largest absolute Gasteiger partial charge is 0.315 e. The zero-order valence-electron chi connectivity index (χ0n) is 9.76. The first-order valence-electron chi connectivity index (χ1n) is 5.57. The quantitative estimate of drug-likeness (QED) is 0.642. The van der Waals surface area contributed by atoms with Crippen LogP contribution in [0.15, 0.2) is 10.3 Å². The summed E-state index contributed by atoms with van der Waals surface area (Å²) in [6, 6.07) is 0.796. The number of thiophene rings is 1. The third-order valence-electron chi connectivity index (χ3n) is 2.73. The molecule has 1 aliphatic rings. The van der Waals surface area contributed by atoms with Crippen molar-refractivity contribution < 1.29 is 13.3 Å². The second-order valence-electron chi connectivity index (χ2n) is 4.15. The molecule has 0 radical (unpaired) electrons. The predicted octanol–water partition coefficient (Wildman–Crippen LogP) is 1.34. The molecule has 0 aromatic carbocycles. The second-order valence-corrected chi connectivity index (χ2v) is 7.74. The summed E-state index contributed by atoms with van der Waals surface area (Å²) in [5.41, 5.74) is -0.381. The average Bonchev–Trinajstić information content (AvgIpc) is 2.73. The van der Waals surface area contributed by atoms with E-state index in [2.05, 4.69) is 10.0 Å². The minimum Gasteiger partial charge on any atom is -0.315 e. The van der Waals surface area contributed by atoms with E-state index < -0.39 is 14.9 Å². The van der Waals surface area contributed by atoms with Gasteiger partial charge in [0.2, 0.25) is 0 Å². The van der Waals surface area contributed by atoms with Crippen molar-refractivity contribution in [3.63, 3.8) is 0 Å². The molecule has 1 aromatic rings. The molecular weight excluding hydrogens is 314 g/mol. The molecule has 1 unspecified atom stereocenters. The van der Waals surface area contributed by atoms with Crippen LogP contribution in [0.4, 0.5) is 5.69 Å². The lowest BCUT2D eigenvalue weighted by Crippen LogP contribution is -2.45. The molecular formula is C9H12ClN3O4S2. The van der Waals surface area contributed by atoms with Gasteiger partial charge in [0.15, 0.2) is 4.34 Å². The number of piperidine rings is 1. The predicted molar refractivity (Wildman–Crippen MR) is 72.2 cm³/mol. The minimum atomic E-state index is -3.76. The van der Waals surface area contributed by atoms with Gasteiger partial charge in [-0.1, -0.05) is 11.6 Å². The Bertz CT molecular complexity index is 580. The maximum Gasteiger partial charge on any atom is 0.300 e. The van der Waals surface area contributed by atoms with Crippen molar-refractivity contribution in [3.8, 4) is 0 Å². The van der Waals surface area contributed by atoms with Crippen LogP contribution in [-0.2, 0) is 10.0 Å². The lowest BCUT2D eigenvalue weighted by atomic mass is 10.1. The number of nitrogens with one attached hydrogen (secondary N) is 2. The van der Waals surface area contributed by atoms with E-state index in [1.165, 1.54) is 0 Å². The van der Waals surface area contributed by atoms with Gasteiger partial charge in [-0.3, -0.25) is 10.1 Å². The number of rotatable bonds is 4. The van der Waals surface area contributed by atoms with E-state index in [-0.39, 0.29) is 20.3 Å². The fourth-order valence-corrected chi connectivity index (χ4v) is 4.78. The summed E-state index contributed by atoms with van der Waals surface area (Å²) < 4.78 is 26.4. The fourth-order valence-electron chi connectivity index (χ4n) is 1.83. The van der Waals surface area contributed by atoms with Gasteiger partial charge in [-0.05, 0) is 19.4 Å². The van der Waals surface area contributed by atoms with E-state index >= 15 is 0 Å². The highest BCUT2D eigenvalue weighted by molar-refractivity contribution is 7.91. The molecule has 2 heterocycles. The summed E-state index contributed by atoms with van der Waals surface area (Å²) in [7, 11) is -3.76. The van der Waals surface area contributed by atoms with E-state index in [4.69, 9.17) is 11.6 Å². The van der Waals surface area contributed by atoms with Crippen LogP contribution in [0, 0.1) is 10.1 Å². The van der Waals surface area contributed by atoms with Crippen molar-refractivity contribution >= 4 is 38.6 Å². The van der Waals surface area contributed by atoms with Gasteiger partial charge < -0.3 is 5.32 Å². The Balaban J connectivity index is 2.19. The number of nitro groups is 1. The molecule has 1 fully saturated rings. The maximum atomic E-state index is 12.1. The van der Waals surface area contributed by atoms with Gasteiger partial charge in [-0.2, -0.15) is 0 Å². The van der Waals surface area contributed by atoms with E-state index in [0.29, 0.717) is 17.9 Å². The Morgan fingerprint density at radius 1 is 1.58 bits per heavy atom. The third-order valence-corrected chi connectivity index (χ3v) is 6.06. The molecule has 0 aliphatic carbocycles. The summed E-state index contributed by atoms with van der Waals surface area (Å²) >= 11 is 6.35. The summed E-state index contributed by atoms with van der Waals surface area (Å²) in [5.74, 6) is 0. The van der Waals surface area contributed by atoms with Gasteiger partial charge in [-0.15, -0.1) is 11.3 Å². The molecule has 0 bridgehead atoms. The number of sulfonamides is 1. The van der Waals surface area contributed by atoms with Crippen molar-refractivity contribution in [1.29, 1.82) is 0 Å². The zero-order valence-corrected chi connectivity index (χ0v) is 12.1. The Labute approximate surface area is 119 Å². The van der Waals surface area contributed by atoms with E-state index in [9.17, 15) is 18.5 Å². The Morgan fingerprint density at radius 2 is 2.32 bits per heavy atom. The van der Waals surface area contributed by atoms with E-state index in [0.717, 1.165) is 25.5 Å². The molecule has 19 heavy (non-hydrogen) atoms. The number of hydrogen-bond acceptors (Lipinski definition) is 6. The normalized spacial score (nSPS) is 20.4. The zero-order chi connectivity index (χ0) is 14.0. The molecule has 1 aliphatic heterocycles. The first-order chi connectivity index (χ1) is 8.90. The van der Waals surface area contributed by atoms with Crippen LogP contribution in [0.25, 0.3) is 0 Å². The molecule has 0 amide bonds.